The number of nitrogens with one attached hydrogen (secondary N) is 2. The van der Waals surface area contributed by atoms with E-state index in [-0.39, 0.29) is 11.4 Å². The molecular weight excluding hydrogens is 384 g/mol. The molecule has 0 saturated heterocycles. The van der Waals surface area contributed by atoms with Crippen molar-refractivity contribution in [2.24, 2.45) is 4.99 Å². The second kappa shape index (κ2) is 9.71. The highest BCUT2D eigenvalue weighted by Gasteiger charge is 2.17. The van der Waals surface area contributed by atoms with E-state index in [1.165, 1.54) is 11.1 Å². The molecule has 0 amide bonds. The second-order valence-corrected chi connectivity index (χ2v) is 8.74. The lowest BCUT2D eigenvalue weighted by Crippen LogP contribution is -2.45. The summed E-state index contributed by atoms with van der Waals surface area (Å²) in [5.74, 6) is 0.780. The smallest absolute Gasteiger partial charge is 0.240 e. The zero-order valence-electron chi connectivity index (χ0n) is 16.9. The normalized spacial score (nSPS) is 15.2. The number of aliphatic imine (C=N–C) groups is 1. The van der Waals surface area contributed by atoms with Gasteiger partial charge in [-0.15, -0.1) is 0 Å². The van der Waals surface area contributed by atoms with Crippen molar-refractivity contribution in [2.75, 3.05) is 33.2 Å². The van der Waals surface area contributed by atoms with E-state index >= 15 is 0 Å². The number of sulfonamides is 1. The Hall–Kier alpha value is -2.64. The first-order chi connectivity index (χ1) is 14.0. The molecule has 6 nitrogen and oxygen atoms in total. The van der Waals surface area contributed by atoms with Gasteiger partial charge in [-0.05, 0) is 36.6 Å². The van der Waals surface area contributed by atoms with E-state index in [4.69, 9.17) is 0 Å². The monoisotopic (exact) mass is 412 g/mol. The SMILES string of the molecule is CN=C(NCCNS(=O)(=O)c1ccc(C)cc1)N1CC=C(c2ccccc2)CC1. The fraction of sp³-hybridized carbons (Fsp3) is 0.318. The van der Waals surface area contributed by atoms with E-state index in [1.54, 1.807) is 31.3 Å². The molecule has 0 fully saturated rings. The molecule has 154 valence electrons. The van der Waals surface area contributed by atoms with Crippen molar-refractivity contribution >= 4 is 21.6 Å². The van der Waals surface area contributed by atoms with E-state index in [0.29, 0.717) is 6.54 Å². The van der Waals surface area contributed by atoms with Gasteiger partial charge in [0.15, 0.2) is 5.96 Å². The Morgan fingerprint density at radius 2 is 1.79 bits per heavy atom. The first-order valence-corrected chi connectivity index (χ1v) is 11.2. The number of hydrogen-bond acceptors (Lipinski definition) is 3. The molecule has 3 rings (SSSR count). The average Bonchev–Trinajstić information content (AvgIpc) is 2.75. The van der Waals surface area contributed by atoms with Crippen molar-refractivity contribution < 1.29 is 8.42 Å². The fourth-order valence-corrected chi connectivity index (χ4v) is 4.30. The first-order valence-electron chi connectivity index (χ1n) is 9.76. The van der Waals surface area contributed by atoms with Crippen LogP contribution in [0.1, 0.15) is 17.5 Å². The van der Waals surface area contributed by atoms with Crippen molar-refractivity contribution in [3.8, 4) is 0 Å². The Kier molecular flexibility index (Phi) is 7.06. The Morgan fingerprint density at radius 1 is 1.07 bits per heavy atom. The van der Waals surface area contributed by atoms with Crippen LogP contribution in [0.5, 0.6) is 0 Å². The summed E-state index contributed by atoms with van der Waals surface area (Å²) in [6, 6.07) is 17.2. The molecule has 29 heavy (non-hydrogen) atoms. The van der Waals surface area contributed by atoms with Crippen molar-refractivity contribution in [1.29, 1.82) is 0 Å². The van der Waals surface area contributed by atoms with Crippen LogP contribution in [0.25, 0.3) is 5.57 Å². The predicted octanol–water partition coefficient (Wildman–Crippen LogP) is 2.64. The molecule has 0 saturated carbocycles. The van der Waals surface area contributed by atoms with E-state index in [9.17, 15) is 8.42 Å². The Bertz CT molecular complexity index is 968. The highest BCUT2D eigenvalue weighted by molar-refractivity contribution is 7.89. The lowest BCUT2D eigenvalue weighted by molar-refractivity contribution is 0.440. The number of nitrogens with zero attached hydrogens (tertiary/aromatic N) is 2. The van der Waals surface area contributed by atoms with Gasteiger partial charge in [-0.3, -0.25) is 4.99 Å². The zero-order chi connectivity index (χ0) is 20.7. The Labute approximate surface area is 173 Å². The molecule has 0 spiro atoms. The Morgan fingerprint density at radius 3 is 2.41 bits per heavy atom. The molecule has 7 heteroatoms. The maximum Gasteiger partial charge on any atom is 0.240 e. The highest BCUT2D eigenvalue weighted by Crippen LogP contribution is 2.21. The molecule has 2 aromatic carbocycles. The molecule has 2 N–H and O–H groups in total. The summed E-state index contributed by atoms with van der Waals surface area (Å²) in [7, 11) is -1.75. The number of aryl methyl sites for hydroxylation is 1. The van der Waals surface area contributed by atoms with Crippen LogP contribution in [0.4, 0.5) is 0 Å². The second-order valence-electron chi connectivity index (χ2n) is 6.98. The van der Waals surface area contributed by atoms with Crippen LogP contribution >= 0.6 is 0 Å². The zero-order valence-corrected chi connectivity index (χ0v) is 17.7. The topological polar surface area (TPSA) is 73.8 Å². The minimum Gasteiger partial charge on any atom is -0.355 e. The Balaban J connectivity index is 1.49. The fourth-order valence-electron chi connectivity index (χ4n) is 3.27. The van der Waals surface area contributed by atoms with E-state index < -0.39 is 10.0 Å². The lowest BCUT2D eigenvalue weighted by Gasteiger charge is -2.29. The van der Waals surface area contributed by atoms with Crippen molar-refractivity contribution in [3.63, 3.8) is 0 Å². The van der Waals surface area contributed by atoms with Gasteiger partial charge in [0.25, 0.3) is 0 Å². The van der Waals surface area contributed by atoms with Crippen LogP contribution < -0.4 is 10.0 Å². The summed E-state index contributed by atoms with van der Waals surface area (Å²) >= 11 is 0. The van der Waals surface area contributed by atoms with Gasteiger partial charge in [-0.1, -0.05) is 54.1 Å². The molecule has 0 radical (unpaired) electrons. The van der Waals surface area contributed by atoms with Crippen LogP contribution in [0, 0.1) is 6.92 Å². The van der Waals surface area contributed by atoms with Gasteiger partial charge in [-0.2, -0.15) is 0 Å². The van der Waals surface area contributed by atoms with Gasteiger partial charge in [0.2, 0.25) is 10.0 Å². The number of rotatable bonds is 6. The largest absolute Gasteiger partial charge is 0.355 e. The standard InChI is InChI=1S/C22H28N4O2S/c1-18-8-10-21(11-9-18)29(27,28)25-15-14-24-22(23-2)26-16-12-20(13-17-26)19-6-4-3-5-7-19/h3-12,25H,13-17H2,1-2H3,(H,23,24). The van der Waals surface area contributed by atoms with Crippen LogP contribution in [-0.4, -0.2) is 52.5 Å². The number of benzene rings is 2. The molecule has 1 heterocycles. The molecule has 0 bridgehead atoms. The maximum atomic E-state index is 12.3. The van der Waals surface area contributed by atoms with Crippen LogP contribution in [0.2, 0.25) is 0 Å². The van der Waals surface area contributed by atoms with Crippen molar-refractivity contribution in [3.05, 3.63) is 71.8 Å². The van der Waals surface area contributed by atoms with Crippen LogP contribution in [0.15, 0.2) is 70.6 Å². The summed E-state index contributed by atoms with van der Waals surface area (Å²) in [5.41, 5.74) is 3.64. The molecule has 1 aliphatic rings. The minimum atomic E-state index is -3.50. The summed E-state index contributed by atoms with van der Waals surface area (Å²) < 4.78 is 27.3. The predicted molar refractivity (Wildman–Crippen MR) is 118 cm³/mol. The molecular formula is C22H28N4O2S. The van der Waals surface area contributed by atoms with E-state index in [1.807, 2.05) is 13.0 Å². The van der Waals surface area contributed by atoms with Gasteiger partial charge in [-0.25, -0.2) is 13.1 Å². The highest BCUT2D eigenvalue weighted by atomic mass is 32.2. The average molecular weight is 413 g/mol. The minimum absolute atomic E-state index is 0.280. The summed E-state index contributed by atoms with van der Waals surface area (Å²) in [5, 5.41) is 3.25. The third-order valence-corrected chi connectivity index (χ3v) is 6.37. The third kappa shape index (κ3) is 5.68. The first kappa shape index (κ1) is 21.1. The molecule has 0 atom stereocenters. The van der Waals surface area contributed by atoms with Crippen molar-refractivity contribution in [1.82, 2.24) is 14.9 Å². The van der Waals surface area contributed by atoms with E-state index in [2.05, 4.69) is 50.3 Å². The quantitative estimate of drug-likeness (QED) is 0.435. The van der Waals surface area contributed by atoms with Crippen LogP contribution in [-0.2, 0) is 10.0 Å². The molecule has 0 aliphatic carbocycles. The van der Waals surface area contributed by atoms with Gasteiger partial charge in [0.05, 0.1) is 4.90 Å². The number of guanidine groups is 1. The molecule has 1 aliphatic heterocycles. The van der Waals surface area contributed by atoms with E-state index in [0.717, 1.165) is 31.0 Å². The number of hydrogen-bond donors (Lipinski definition) is 2. The molecule has 2 aromatic rings. The molecule has 0 unspecified atom stereocenters. The van der Waals surface area contributed by atoms with Crippen LogP contribution in [0.3, 0.4) is 0 Å². The summed E-state index contributed by atoms with van der Waals surface area (Å²) in [6.45, 7) is 4.32. The summed E-state index contributed by atoms with van der Waals surface area (Å²) in [4.78, 5) is 6.78. The summed E-state index contributed by atoms with van der Waals surface area (Å²) in [6.07, 6.45) is 3.18. The maximum absolute atomic E-state index is 12.3. The van der Waals surface area contributed by atoms with Gasteiger partial charge in [0, 0.05) is 33.2 Å². The lowest BCUT2D eigenvalue weighted by atomic mass is 10.00. The molecule has 0 aromatic heterocycles. The third-order valence-electron chi connectivity index (χ3n) is 4.90. The van der Waals surface area contributed by atoms with Gasteiger partial charge >= 0.3 is 0 Å². The van der Waals surface area contributed by atoms with Crippen molar-refractivity contribution in [2.45, 2.75) is 18.2 Å². The van der Waals surface area contributed by atoms with Gasteiger partial charge in [0.1, 0.15) is 0 Å². The van der Waals surface area contributed by atoms with Gasteiger partial charge < -0.3 is 10.2 Å².